The molecule has 2 aromatic rings. The van der Waals surface area contributed by atoms with Crippen LogP contribution in [-0.4, -0.2) is 76.7 Å². The third kappa shape index (κ3) is 4.93. The lowest BCUT2D eigenvalue weighted by molar-refractivity contribution is -0.775. The second kappa shape index (κ2) is 8.93. The van der Waals surface area contributed by atoms with Crippen LogP contribution in [0.15, 0.2) is 17.3 Å². The van der Waals surface area contributed by atoms with Crippen molar-refractivity contribution >= 4 is 23.0 Å². The number of carbonyl (C=O) groups excluding carboxylic acids is 2. The minimum atomic E-state index is -0.442. The smallest absolute Gasteiger partial charge is 0.327 e. The summed E-state index contributed by atoms with van der Waals surface area (Å²) in [7, 11) is 7.08. The summed E-state index contributed by atoms with van der Waals surface area (Å²) in [5.41, 5.74) is -0.0377. The van der Waals surface area contributed by atoms with Crippen molar-refractivity contribution in [1.29, 1.82) is 0 Å². The molecule has 0 spiro atoms. The number of nitrogens with one attached hydrogen (secondary N) is 1. The third-order valence-electron chi connectivity index (χ3n) is 4.53. The van der Waals surface area contributed by atoms with Crippen molar-refractivity contribution in [1.82, 2.24) is 24.4 Å². The van der Waals surface area contributed by atoms with Gasteiger partial charge in [0.2, 0.25) is 11.8 Å². The Bertz CT molecular complexity index is 903. The molecule has 0 aliphatic rings. The molecule has 2 aromatic heterocycles. The van der Waals surface area contributed by atoms with E-state index in [-0.39, 0.29) is 36.4 Å². The molecule has 0 amide bonds. The molecule has 0 unspecified atom stereocenters. The molecule has 2 atom stereocenters. The van der Waals surface area contributed by atoms with Crippen LogP contribution in [0.4, 0.5) is 0 Å². The standard InChI is InChI=1S/C17H26N6O5/c1-11(20(3)4)16(25)27-9-22-8-18-14-13(15(22)24)7-23(19-14)10-28-17(26)12(2)21(5)6/h7-8,11-12H,9-10H2,1-6H3/p+1/t11-,12-/m0/s1. The number of esters is 2. The van der Waals surface area contributed by atoms with Gasteiger partial charge in [-0.15, -0.1) is 5.10 Å². The highest BCUT2D eigenvalue weighted by Crippen LogP contribution is 2.01. The predicted molar refractivity (Wildman–Crippen MR) is 99.0 cm³/mol. The van der Waals surface area contributed by atoms with Gasteiger partial charge in [0.05, 0.1) is 0 Å². The molecule has 1 N–H and O–H groups in total. The van der Waals surface area contributed by atoms with Crippen molar-refractivity contribution in [3.8, 4) is 0 Å². The molecule has 2 heterocycles. The van der Waals surface area contributed by atoms with Crippen molar-refractivity contribution in [2.75, 3.05) is 28.2 Å². The first-order valence-corrected chi connectivity index (χ1v) is 8.75. The van der Waals surface area contributed by atoms with Crippen LogP contribution >= 0.6 is 0 Å². The zero-order valence-corrected chi connectivity index (χ0v) is 17.0. The molecule has 0 saturated heterocycles. The lowest BCUT2D eigenvalue weighted by Crippen LogP contribution is -2.41. The second-order valence-electron chi connectivity index (χ2n) is 6.96. The average molecular weight is 395 g/mol. The Morgan fingerprint density at radius 1 is 1.14 bits per heavy atom. The Hall–Kier alpha value is -2.79. The largest absolute Gasteiger partial charge is 0.443 e. The normalized spacial score (nSPS) is 13.7. The summed E-state index contributed by atoms with van der Waals surface area (Å²) in [5.74, 6) is -0.827. The van der Waals surface area contributed by atoms with E-state index in [2.05, 4.69) is 10.1 Å². The molecule has 0 saturated carbocycles. The van der Waals surface area contributed by atoms with Crippen LogP contribution in [0.1, 0.15) is 13.8 Å². The van der Waals surface area contributed by atoms with E-state index in [9.17, 15) is 14.4 Å². The molecule has 0 aliphatic carbocycles. The highest BCUT2D eigenvalue weighted by atomic mass is 16.5. The van der Waals surface area contributed by atoms with E-state index in [1.54, 1.807) is 51.8 Å². The van der Waals surface area contributed by atoms with Gasteiger partial charge in [-0.1, -0.05) is 4.68 Å². The topological polar surface area (TPSA) is 114 Å². The lowest BCUT2D eigenvalue weighted by atomic mass is 10.3. The molecule has 11 heteroatoms. The Balaban J connectivity index is 2.08. The summed E-state index contributed by atoms with van der Waals surface area (Å²) in [6.45, 7) is 3.12. The van der Waals surface area contributed by atoms with Gasteiger partial charge in [-0.2, -0.15) is 0 Å². The van der Waals surface area contributed by atoms with Crippen LogP contribution in [0, 0.1) is 0 Å². The molecular formula is C17H27N6O5+. The van der Waals surface area contributed by atoms with Crippen LogP contribution in [0.5, 0.6) is 0 Å². The van der Waals surface area contributed by atoms with Gasteiger partial charge in [-0.3, -0.25) is 28.8 Å². The molecule has 0 aliphatic heterocycles. The van der Waals surface area contributed by atoms with E-state index in [0.717, 1.165) is 0 Å². The summed E-state index contributed by atoms with van der Waals surface area (Å²) in [6.07, 6.45) is 2.79. The number of hydrogen-bond donors (Lipinski definition) is 1. The number of H-pyrrole nitrogens is 1. The molecule has 11 nitrogen and oxygen atoms in total. The predicted octanol–water partition coefficient (Wildman–Crippen LogP) is -1.09. The Morgan fingerprint density at radius 2 is 1.71 bits per heavy atom. The maximum absolute atomic E-state index is 12.6. The fourth-order valence-electron chi connectivity index (χ4n) is 2.13. The molecule has 2 rings (SSSR count). The van der Waals surface area contributed by atoms with Gasteiger partial charge in [0.25, 0.3) is 5.56 Å². The maximum atomic E-state index is 12.6. The molecule has 154 valence electrons. The maximum Gasteiger partial charge on any atom is 0.327 e. The number of nitrogens with zero attached hydrogens (tertiary/aromatic N) is 5. The van der Waals surface area contributed by atoms with Crippen LogP contribution in [0.25, 0.3) is 11.0 Å². The second-order valence-corrected chi connectivity index (χ2v) is 6.96. The zero-order valence-electron chi connectivity index (χ0n) is 17.0. The number of aromatic amines is 1. The first-order valence-electron chi connectivity index (χ1n) is 8.75. The van der Waals surface area contributed by atoms with Crippen molar-refractivity contribution in [2.45, 2.75) is 39.4 Å². The monoisotopic (exact) mass is 395 g/mol. The number of rotatable bonds is 8. The van der Waals surface area contributed by atoms with Crippen molar-refractivity contribution < 1.29 is 23.7 Å². The first kappa shape index (κ1) is 21.5. The van der Waals surface area contributed by atoms with Crippen LogP contribution in [0.3, 0.4) is 0 Å². The molecule has 0 radical (unpaired) electrons. The summed E-state index contributed by atoms with van der Waals surface area (Å²) >= 11 is 0. The number of carbonyl (C=O) groups is 2. The Kier molecular flexibility index (Phi) is 6.86. The minimum Gasteiger partial charge on any atom is -0.443 e. The third-order valence-corrected chi connectivity index (χ3v) is 4.53. The van der Waals surface area contributed by atoms with E-state index >= 15 is 0 Å². The van der Waals surface area contributed by atoms with E-state index in [4.69, 9.17) is 9.47 Å². The van der Waals surface area contributed by atoms with Gasteiger partial charge in [0.15, 0.2) is 12.1 Å². The SMILES string of the molecule is C[C@@H](C(=O)OCn1cnc2[nH][n+](COC(=O)[C@H](C)N(C)C)cc2c1=O)N(C)C. The number of hydrogen-bond acceptors (Lipinski definition) is 8. The first-order chi connectivity index (χ1) is 13.1. The molecule has 0 bridgehead atoms. The lowest BCUT2D eigenvalue weighted by Gasteiger charge is -2.18. The highest BCUT2D eigenvalue weighted by Gasteiger charge is 2.21. The Labute approximate surface area is 162 Å². The van der Waals surface area contributed by atoms with Gasteiger partial charge < -0.3 is 9.47 Å². The van der Waals surface area contributed by atoms with Gasteiger partial charge in [-0.25, -0.2) is 4.98 Å². The summed E-state index contributed by atoms with van der Waals surface area (Å²) in [5, 5.41) is 3.16. The summed E-state index contributed by atoms with van der Waals surface area (Å²) < 4.78 is 13.0. The van der Waals surface area contributed by atoms with E-state index in [0.29, 0.717) is 5.65 Å². The quantitative estimate of drug-likeness (QED) is 0.443. The Morgan fingerprint density at radius 3 is 2.29 bits per heavy atom. The molecule has 0 fully saturated rings. The molecular weight excluding hydrogens is 368 g/mol. The van der Waals surface area contributed by atoms with Crippen molar-refractivity contribution in [2.24, 2.45) is 0 Å². The highest BCUT2D eigenvalue weighted by molar-refractivity contribution is 5.75. The number of fused-ring (bicyclic) bond motifs is 1. The minimum absolute atomic E-state index is 0.0812. The summed E-state index contributed by atoms with van der Waals surface area (Å²) in [4.78, 5) is 44.0. The van der Waals surface area contributed by atoms with Gasteiger partial charge in [0.1, 0.15) is 18.4 Å². The number of ether oxygens (including phenoxy) is 2. The average Bonchev–Trinajstić information content (AvgIpc) is 3.07. The van der Waals surface area contributed by atoms with Crippen LogP contribution in [-0.2, 0) is 32.5 Å². The molecule has 0 aromatic carbocycles. The fourth-order valence-corrected chi connectivity index (χ4v) is 2.13. The van der Waals surface area contributed by atoms with E-state index in [1.165, 1.54) is 21.8 Å². The van der Waals surface area contributed by atoms with E-state index < -0.39 is 12.0 Å². The van der Waals surface area contributed by atoms with Crippen LogP contribution in [0.2, 0.25) is 0 Å². The van der Waals surface area contributed by atoms with Crippen molar-refractivity contribution in [3.05, 3.63) is 22.9 Å². The van der Waals surface area contributed by atoms with Crippen LogP contribution < -0.4 is 10.2 Å². The van der Waals surface area contributed by atoms with Gasteiger partial charge in [0, 0.05) is 0 Å². The van der Waals surface area contributed by atoms with E-state index in [1.807, 2.05) is 0 Å². The van der Waals surface area contributed by atoms with Gasteiger partial charge >= 0.3 is 18.7 Å². The zero-order chi connectivity index (χ0) is 21.0. The number of likely N-dealkylation sites (N-methyl/N-ethyl adjacent to an activating group) is 2. The van der Waals surface area contributed by atoms with Gasteiger partial charge in [-0.05, 0) is 42.0 Å². The number of aromatic nitrogens is 4. The van der Waals surface area contributed by atoms with Crippen molar-refractivity contribution in [3.63, 3.8) is 0 Å². The molecule has 28 heavy (non-hydrogen) atoms. The summed E-state index contributed by atoms with van der Waals surface area (Å²) in [6, 6.07) is -0.819. The fraction of sp³-hybridized carbons (Fsp3) is 0.588.